The van der Waals surface area contributed by atoms with Crippen LogP contribution in [0.15, 0.2) is 41.8 Å². The van der Waals surface area contributed by atoms with Crippen LogP contribution in [0.4, 0.5) is 0 Å². The second kappa shape index (κ2) is 5.98. The summed E-state index contributed by atoms with van der Waals surface area (Å²) in [5.41, 5.74) is 1.06. The maximum Gasteiger partial charge on any atom is 0.179 e. The summed E-state index contributed by atoms with van der Waals surface area (Å²) in [5, 5.41) is 3.07. The van der Waals surface area contributed by atoms with Gasteiger partial charge in [-0.25, -0.2) is 8.42 Å². The van der Waals surface area contributed by atoms with E-state index in [1.807, 2.05) is 26.0 Å². The fourth-order valence-corrected chi connectivity index (χ4v) is 3.03. The Balaban J connectivity index is 2.74. The summed E-state index contributed by atoms with van der Waals surface area (Å²) >= 11 is 0. The highest BCUT2D eigenvalue weighted by molar-refractivity contribution is 7.91. The Labute approximate surface area is 103 Å². The third-order valence-electron chi connectivity index (χ3n) is 2.46. The summed E-state index contributed by atoms with van der Waals surface area (Å²) < 4.78 is 24.1. The van der Waals surface area contributed by atoms with Crippen molar-refractivity contribution < 1.29 is 8.42 Å². The normalized spacial score (nSPS) is 13.3. The molecule has 0 aliphatic rings. The molecular weight excluding hydrogens is 234 g/mol. The first kappa shape index (κ1) is 13.9. The van der Waals surface area contributed by atoms with Gasteiger partial charge in [-0.1, -0.05) is 23.8 Å². The molecule has 0 bridgehead atoms. The molecule has 3 nitrogen and oxygen atoms in total. The van der Waals surface area contributed by atoms with Gasteiger partial charge in [0.25, 0.3) is 0 Å². The van der Waals surface area contributed by atoms with Crippen molar-refractivity contribution in [1.82, 2.24) is 5.32 Å². The lowest BCUT2D eigenvalue weighted by Gasteiger charge is -2.12. The molecule has 4 heteroatoms. The average molecular weight is 253 g/mol. The number of hydrogen-bond donors (Lipinski definition) is 1. The van der Waals surface area contributed by atoms with E-state index in [9.17, 15) is 8.42 Å². The zero-order valence-corrected chi connectivity index (χ0v) is 11.1. The van der Waals surface area contributed by atoms with E-state index in [1.54, 1.807) is 18.2 Å². The summed E-state index contributed by atoms with van der Waals surface area (Å²) in [6, 6.07) is 6.86. The molecule has 0 spiro atoms. The summed E-state index contributed by atoms with van der Waals surface area (Å²) in [5.74, 6) is 0.101. The lowest BCUT2D eigenvalue weighted by atomic mass is 10.2. The zero-order valence-electron chi connectivity index (χ0n) is 10.3. The molecule has 0 saturated heterocycles. The number of hydrogen-bond acceptors (Lipinski definition) is 3. The molecular formula is C13H19NO2S. The van der Waals surface area contributed by atoms with Gasteiger partial charge in [0.2, 0.25) is 0 Å². The van der Waals surface area contributed by atoms with Crippen LogP contribution in [0.3, 0.4) is 0 Å². The maximum absolute atomic E-state index is 12.1. The van der Waals surface area contributed by atoms with E-state index in [4.69, 9.17) is 0 Å². The maximum atomic E-state index is 12.1. The Hall–Kier alpha value is -1.13. The quantitative estimate of drug-likeness (QED) is 0.788. The van der Waals surface area contributed by atoms with Crippen LogP contribution in [0.1, 0.15) is 12.5 Å². The van der Waals surface area contributed by atoms with Crippen molar-refractivity contribution in [2.75, 3.05) is 12.3 Å². The number of rotatable bonds is 6. The molecule has 0 aliphatic carbocycles. The minimum absolute atomic E-state index is 0.0840. The smallest absolute Gasteiger partial charge is 0.179 e. The van der Waals surface area contributed by atoms with E-state index in [0.29, 0.717) is 11.4 Å². The Morgan fingerprint density at radius 3 is 2.47 bits per heavy atom. The highest BCUT2D eigenvalue weighted by Gasteiger charge is 2.17. The van der Waals surface area contributed by atoms with Crippen molar-refractivity contribution in [2.24, 2.45) is 0 Å². The predicted molar refractivity (Wildman–Crippen MR) is 70.9 cm³/mol. The second-order valence-corrected chi connectivity index (χ2v) is 6.23. The first-order valence-corrected chi connectivity index (χ1v) is 7.24. The summed E-state index contributed by atoms with van der Waals surface area (Å²) in [7, 11) is -3.20. The van der Waals surface area contributed by atoms with Gasteiger partial charge < -0.3 is 5.32 Å². The van der Waals surface area contributed by atoms with Gasteiger partial charge in [-0.15, -0.1) is 6.58 Å². The highest BCUT2D eigenvalue weighted by atomic mass is 32.2. The molecule has 0 unspecified atom stereocenters. The van der Waals surface area contributed by atoms with Crippen LogP contribution >= 0.6 is 0 Å². The lowest BCUT2D eigenvalue weighted by molar-refractivity contribution is 0.571. The van der Waals surface area contributed by atoms with E-state index in [1.165, 1.54) is 0 Å². The monoisotopic (exact) mass is 253 g/mol. The van der Waals surface area contributed by atoms with Crippen molar-refractivity contribution >= 4 is 9.84 Å². The van der Waals surface area contributed by atoms with E-state index in [-0.39, 0.29) is 11.8 Å². The van der Waals surface area contributed by atoms with Crippen LogP contribution in [0.25, 0.3) is 0 Å². The molecule has 0 amide bonds. The molecule has 0 saturated carbocycles. The van der Waals surface area contributed by atoms with Gasteiger partial charge in [-0.2, -0.15) is 0 Å². The summed E-state index contributed by atoms with van der Waals surface area (Å²) in [6.45, 7) is 7.99. The molecule has 1 aromatic carbocycles. The lowest BCUT2D eigenvalue weighted by Crippen LogP contribution is -2.33. The van der Waals surface area contributed by atoms with Gasteiger partial charge in [0, 0.05) is 12.6 Å². The van der Waals surface area contributed by atoms with E-state index >= 15 is 0 Å². The predicted octanol–water partition coefficient (Wildman–Crippen LogP) is 1.93. The number of benzene rings is 1. The minimum atomic E-state index is -3.20. The number of sulfone groups is 1. The third-order valence-corrected chi connectivity index (χ3v) is 4.39. The van der Waals surface area contributed by atoms with Crippen LogP contribution < -0.4 is 5.32 Å². The van der Waals surface area contributed by atoms with Crippen LogP contribution in [0.5, 0.6) is 0 Å². The Morgan fingerprint density at radius 2 is 1.94 bits per heavy atom. The Bertz CT molecular complexity index is 463. The molecule has 0 aromatic heterocycles. The molecule has 0 fully saturated rings. The molecule has 94 valence electrons. The van der Waals surface area contributed by atoms with Crippen LogP contribution in [0, 0.1) is 6.92 Å². The second-order valence-electron chi connectivity index (χ2n) is 4.19. The molecule has 0 heterocycles. The Kier molecular flexibility index (Phi) is 4.90. The standard InChI is InChI=1S/C13H19NO2S/c1-4-9-14-12(3)10-17(15,16)13-7-5-11(2)6-8-13/h4-8,12,14H,1,9-10H2,2-3H3/t12-/m0/s1. The van der Waals surface area contributed by atoms with Crippen LogP contribution in [-0.4, -0.2) is 26.8 Å². The van der Waals surface area contributed by atoms with Gasteiger partial charge in [0.1, 0.15) is 0 Å². The summed E-state index contributed by atoms with van der Waals surface area (Å²) in [6.07, 6.45) is 1.72. The van der Waals surface area contributed by atoms with Gasteiger partial charge in [-0.3, -0.25) is 0 Å². The van der Waals surface area contributed by atoms with E-state index < -0.39 is 9.84 Å². The molecule has 1 N–H and O–H groups in total. The molecule has 1 atom stereocenters. The van der Waals surface area contributed by atoms with Gasteiger partial charge in [-0.05, 0) is 26.0 Å². The Morgan fingerprint density at radius 1 is 1.35 bits per heavy atom. The van der Waals surface area contributed by atoms with Crippen LogP contribution in [0.2, 0.25) is 0 Å². The van der Waals surface area contributed by atoms with Crippen molar-refractivity contribution in [3.8, 4) is 0 Å². The van der Waals surface area contributed by atoms with Crippen molar-refractivity contribution in [3.63, 3.8) is 0 Å². The first-order chi connectivity index (χ1) is 7.95. The minimum Gasteiger partial charge on any atom is -0.310 e. The van der Waals surface area contributed by atoms with Crippen molar-refractivity contribution in [1.29, 1.82) is 0 Å². The SMILES string of the molecule is C=CCN[C@@H](C)CS(=O)(=O)c1ccc(C)cc1. The molecule has 0 aliphatic heterocycles. The largest absolute Gasteiger partial charge is 0.310 e. The number of aryl methyl sites for hydroxylation is 1. The zero-order chi connectivity index (χ0) is 12.9. The summed E-state index contributed by atoms with van der Waals surface area (Å²) in [4.78, 5) is 0.385. The molecule has 0 radical (unpaired) electrons. The van der Waals surface area contributed by atoms with Crippen molar-refractivity contribution in [2.45, 2.75) is 24.8 Å². The topological polar surface area (TPSA) is 46.2 Å². The van der Waals surface area contributed by atoms with E-state index in [2.05, 4.69) is 11.9 Å². The van der Waals surface area contributed by atoms with Gasteiger partial charge >= 0.3 is 0 Å². The number of nitrogens with one attached hydrogen (secondary N) is 1. The van der Waals surface area contributed by atoms with Crippen molar-refractivity contribution in [3.05, 3.63) is 42.5 Å². The highest BCUT2D eigenvalue weighted by Crippen LogP contribution is 2.12. The fraction of sp³-hybridized carbons (Fsp3) is 0.385. The van der Waals surface area contributed by atoms with Gasteiger partial charge in [0.15, 0.2) is 9.84 Å². The molecule has 1 aromatic rings. The third kappa shape index (κ3) is 4.32. The molecule has 1 rings (SSSR count). The van der Waals surface area contributed by atoms with Gasteiger partial charge in [0.05, 0.1) is 10.6 Å². The average Bonchev–Trinajstić information content (AvgIpc) is 2.26. The first-order valence-electron chi connectivity index (χ1n) is 5.59. The fourth-order valence-electron chi connectivity index (χ4n) is 1.51. The van der Waals surface area contributed by atoms with E-state index in [0.717, 1.165) is 5.56 Å². The van der Waals surface area contributed by atoms with Crippen LogP contribution in [-0.2, 0) is 9.84 Å². The molecule has 17 heavy (non-hydrogen) atoms.